The number of likely N-dealkylation sites (tertiary alicyclic amines) is 1. The Labute approximate surface area is 166 Å². The van der Waals surface area contributed by atoms with E-state index in [1.807, 2.05) is 0 Å². The molecule has 1 heterocycles. The van der Waals surface area contributed by atoms with Gasteiger partial charge in [-0.2, -0.15) is 0 Å². The summed E-state index contributed by atoms with van der Waals surface area (Å²) in [6, 6.07) is 8.26. The Morgan fingerprint density at radius 2 is 1.59 bits per heavy atom. The van der Waals surface area contributed by atoms with Gasteiger partial charge in [0.1, 0.15) is 6.54 Å². The molecule has 4 rings (SSSR count). The number of hydrogen-bond acceptors (Lipinski definition) is 6. The molecule has 1 saturated heterocycles. The quantitative estimate of drug-likeness (QED) is 0.409. The molecule has 2 N–H and O–H groups in total. The predicted octanol–water partition coefficient (Wildman–Crippen LogP) is 0.0219. The molecule has 152 valence electrons. The summed E-state index contributed by atoms with van der Waals surface area (Å²) in [5.74, 6) is -2.83. The SMILES string of the molecule is O=C(COC(=O)CN1C(=O)[C@@H]2[C@H]3CC[C@@H](C3)[C@H]2C1=O)NNC(=O)c1ccccc1. The molecule has 9 heteroatoms. The molecule has 3 aliphatic rings. The van der Waals surface area contributed by atoms with E-state index < -0.39 is 30.9 Å². The Morgan fingerprint density at radius 1 is 0.966 bits per heavy atom. The molecule has 2 saturated carbocycles. The summed E-state index contributed by atoms with van der Waals surface area (Å²) < 4.78 is 4.84. The van der Waals surface area contributed by atoms with E-state index in [1.54, 1.807) is 30.3 Å². The number of benzene rings is 1. The normalized spacial score (nSPS) is 27.0. The number of carbonyl (C=O) groups excluding carboxylic acids is 5. The third kappa shape index (κ3) is 3.59. The van der Waals surface area contributed by atoms with Crippen LogP contribution < -0.4 is 10.9 Å². The van der Waals surface area contributed by atoms with Gasteiger partial charge in [-0.3, -0.25) is 39.7 Å². The Balaban J connectivity index is 1.22. The van der Waals surface area contributed by atoms with E-state index in [2.05, 4.69) is 10.9 Å². The van der Waals surface area contributed by atoms with Crippen molar-refractivity contribution in [3.05, 3.63) is 35.9 Å². The Bertz CT molecular complexity index is 842. The Morgan fingerprint density at radius 3 is 2.21 bits per heavy atom. The van der Waals surface area contributed by atoms with Crippen LogP contribution in [-0.2, 0) is 23.9 Å². The second-order valence-corrected chi connectivity index (χ2v) is 7.68. The number of hydrogen-bond donors (Lipinski definition) is 2. The molecule has 1 aromatic carbocycles. The molecule has 2 bridgehead atoms. The number of rotatable bonds is 5. The zero-order valence-corrected chi connectivity index (χ0v) is 15.6. The van der Waals surface area contributed by atoms with Gasteiger partial charge in [0, 0.05) is 5.56 Å². The fourth-order valence-electron chi connectivity index (χ4n) is 4.77. The van der Waals surface area contributed by atoms with Crippen LogP contribution in [0.1, 0.15) is 29.6 Å². The highest BCUT2D eigenvalue weighted by Crippen LogP contribution is 2.56. The number of esters is 1. The minimum Gasteiger partial charge on any atom is -0.454 e. The maximum Gasteiger partial charge on any atom is 0.326 e. The van der Waals surface area contributed by atoms with Crippen molar-refractivity contribution in [2.75, 3.05) is 13.2 Å². The molecule has 4 amide bonds. The lowest BCUT2D eigenvalue weighted by molar-refractivity contribution is -0.155. The van der Waals surface area contributed by atoms with Crippen LogP contribution in [0.2, 0.25) is 0 Å². The summed E-state index contributed by atoms with van der Waals surface area (Å²) in [5.41, 5.74) is 4.70. The summed E-state index contributed by atoms with van der Waals surface area (Å²) in [4.78, 5) is 61.7. The van der Waals surface area contributed by atoms with Gasteiger partial charge >= 0.3 is 5.97 Å². The van der Waals surface area contributed by atoms with Crippen LogP contribution in [0.3, 0.4) is 0 Å². The average Bonchev–Trinajstić information content (AvgIpc) is 3.41. The number of ether oxygens (including phenoxy) is 1. The topological polar surface area (TPSA) is 122 Å². The van der Waals surface area contributed by atoms with E-state index in [1.165, 1.54) is 0 Å². The largest absolute Gasteiger partial charge is 0.454 e. The van der Waals surface area contributed by atoms with Crippen molar-refractivity contribution in [2.45, 2.75) is 19.3 Å². The fourth-order valence-corrected chi connectivity index (χ4v) is 4.77. The standard InChI is InChI=1S/C20H21N3O6/c24-14(21-22-18(26)11-4-2-1-3-5-11)10-29-15(25)9-23-19(27)16-12-6-7-13(8-12)17(16)20(23)28/h1-5,12-13,16-17H,6-10H2,(H,21,24)(H,22,26)/t12-,13-,16+,17+/m0/s1. The second kappa shape index (κ2) is 7.65. The van der Waals surface area contributed by atoms with Gasteiger partial charge in [0.15, 0.2) is 6.61 Å². The van der Waals surface area contributed by atoms with Crippen LogP contribution >= 0.6 is 0 Å². The van der Waals surface area contributed by atoms with Gasteiger partial charge in [0.05, 0.1) is 11.8 Å². The van der Waals surface area contributed by atoms with Gasteiger partial charge in [-0.15, -0.1) is 0 Å². The highest BCUT2D eigenvalue weighted by Gasteiger charge is 2.61. The number of carbonyl (C=O) groups is 5. The first-order chi connectivity index (χ1) is 14.0. The summed E-state index contributed by atoms with van der Waals surface area (Å²) >= 11 is 0. The molecule has 3 fully saturated rings. The van der Waals surface area contributed by atoms with Crippen molar-refractivity contribution >= 4 is 29.6 Å². The molecule has 0 aromatic heterocycles. The van der Waals surface area contributed by atoms with Crippen LogP contribution in [0.25, 0.3) is 0 Å². The van der Waals surface area contributed by atoms with E-state index in [0.717, 1.165) is 24.2 Å². The highest BCUT2D eigenvalue weighted by molar-refractivity contribution is 6.07. The summed E-state index contributed by atoms with van der Waals surface area (Å²) in [7, 11) is 0. The lowest BCUT2D eigenvalue weighted by Gasteiger charge is -2.19. The zero-order chi connectivity index (χ0) is 20.5. The van der Waals surface area contributed by atoms with Crippen molar-refractivity contribution < 1.29 is 28.7 Å². The van der Waals surface area contributed by atoms with Crippen molar-refractivity contribution in [3.8, 4) is 0 Å². The summed E-state index contributed by atoms with van der Waals surface area (Å²) in [6.45, 7) is -1.13. The lowest BCUT2D eigenvalue weighted by Crippen LogP contribution is -2.44. The fraction of sp³-hybridized carbons (Fsp3) is 0.450. The maximum absolute atomic E-state index is 12.5. The zero-order valence-electron chi connectivity index (χ0n) is 15.6. The molecule has 0 unspecified atom stereocenters. The van der Waals surface area contributed by atoms with Gasteiger partial charge in [-0.05, 0) is 43.2 Å². The molecule has 4 atom stereocenters. The molecule has 0 spiro atoms. The first-order valence-electron chi connectivity index (χ1n) is 9.60. The van der Waals surface area contributed by atoms with Crippen LogP contribution in [0, 0.1) is 23.7 Å². The van der Waals surface area contributed by atoms with Gasteiger partial charge in [-0.25, -0.2) is 0 Å². The van der Waals surface area contributed by atoms with E-state index in [-0.39, 0.29) is 35.5 Å². The third-order valence-corrected chi connectivity index (χ3v) is 6.02. The molecule has 2 aliphatic carbocycles. The van der Waals surface area contributed by atoms with Gasteiger partial charge in [0.2, 0.25) is 11.8 Å². The van der Waals surface area contributed by atoms with Crippen LogP contribution in [-0.4, -0.2) is 47.6 Å². The van der Waals surface area contributed by atoms with Crippen LogP contribution in [0.4, 0.5) is 0 Å². The highest BCUT2D eigenvalue weighted by atomic mass is 16.5. The van der Waals surface area contributed by atoms with Gasteiger partial charge in [-0.1, -0.05) is 18.2 Å². The Hall–Kier alpha value is -3.23. The van der Waals surface area contributed by atoms with E-state index in [4.69, 9.17) is 4.74 Å². The van der Waals surface area contributed by atoms with Gasteiger partial charge < -0.3 is 4.74 Å². The predicted molar refractivity (Wildman–Crippen MR) is 97.5 cm³/mol. The van der Waals surface area contributed by atoms with Crippen LogP contribution in [0.15, 0.2) is 30.3 Å². The monoisotopic (exact) mass is 399 g/mol. The van der Waals surface area contributed by atoms with Crippen molar-refractivity contribution in [1.29, 1.82) is 0 Å². The minimum absolute atomic E-state index is 0.237. The third-order valence-electron chi connectivity index (χ3n) is 6.02. The Kier molecular flexibility index (Phi) is 5.04. The number of imide groups is 1. The number of nitrogens with one attached hydrogen (secondary N) is 2. The van der Waals surface area contributed by atoms with Crippen LogP contribution in [0.5, 0.6) is 0 Å². The maximum atomic E-state index is 12.5. The first-order valence-corrected chi connectivity index (χ1v) is 9.60. The molecule has 9 nitrogen and oxygen atoms in total. The van der Waals surface area contributed by atoms with Crippen molar-refractivity contribution in [3.63, 3.8) is 0 Å². The van der Waals surface area contributed by atoms with Crippen molar-refractivity contribution in [1.82, 2.24) is 15.8 Å². The van der Waals surface area contributed by atoms with E-state index in [0.29, 0.717) is 5.56 Å². The number of fused-ring (bicyclic) bond motifs is 5. The average molecular weight is 399 g/mol. The second-order valence-electron chi connectivity index (χ2n) is 7.68. The molecule has 0 radical (unpaired) electrons. The van der Waals surface area contributed by atoms with E-state index in [9.17, 15) is 24.0 Å². The van der Waals surface area contributed by atoms with Gasteiger partial charge in [0.25, 0.3) is 11.8 Å². The summed E-state index contributed by atoms with van der Waals surface area (Å²) in [5, 5.41) is 0. The number of amides is 4. The smallest absolute Gasteiger partial charge is 0.326 e. The minimum atomic E-state index is -0.844. The molecule has 1 aliphatic heterocycles. The lowest BCUT2D eigenvalue weighted by atomic mass is 9.81. The number of nitrogens with zero attached hydrogens (tertiary/aromatic N) is 1. The number of hydrazine groups is 1. The first kappa shape index (κ1) is 19.1. The summed E-state index contributed by atoms with van der Waals surface area (Å²) in [6.07, 6.45) is 2.83. The van der Waals surface area contributed by atoms with Crippen molar-refractivity contribution in [2.24, 2.45) is 23.7 Å². The molecular weight excluding hydrogens is 378 g/mol. The molecule has 1 aromatic rings. The molecular formula is C20H21N3O6. The molecule has 29 heavy (non-hydrogen) atoms. The van der Waals surface area contributed by atoms with E-state index >= 15 is 0 Å².